The molecule has 1 aromatic heterocycles. The van der Waals surface area contributed by atoms with Gasteiger partial charge in [-0.1, -0.05) is 22.9 Å². The Morgan fingerprint density at radius 3 is 2.86 bits per heavy atom. The van der Waals surface area contributed by atoms with Crippen LogP contribution in [0.1, 0.15) is 23.7 Å². The summed E-state index contributed by atoms with van der Waals surface area (Å²) in [5, 5.41) is 6.05. The third kappa shape index (κ3) is 4.28. The number of anilines is 2. The largest absolute Gasteiger partial charge is 0.369 e. The van der Waals surface area contributed by atoms with Crippen molar-refractivity contribution in [2.24, 2.45) is 0 Å². The molecule has 0 fully saturated rings. The van der Waals surface area contributed by atoms with Gasteiger partial charge in [-0.05, 0) is 52.7 Å². The summed E-state index contributed by atoms with van der Waals surface area (Å²) >= 11 is 6.82. The van der Waals surface area contributed by atoms with Gasteiger partial charge in [0.2, 0.25) is 0 Å². The predicted molar refractivity (Wildman–Crippen MR) is 92.8 cm³/mol. The van der Waals surface area contributed by atoms with E-state index in [1.54, 1.807) is 18.3 Å². The molecule has 0 saturated carbocycles. The molecule has 110 valence electrons. The number of aromatic nitrogens is 1. The van der Waals surface area contributed by atoms with Crippen LogP contribution in [0.5, 0.6) is 0 Å². The first-order valence-corrected chi connectivity index (χ1v) is 8.15. The summed E-state index contributed by atoms with van der Waals surface area (Å²) in [7, 11) is 0. The van der Waals surface area contributed by atoms with Crippen LogP contribution in [-0.2, 0) is 0 Å². The molecule has 1 heterocycles. The lowest BCUT2D eigenvalue weighted by Gasteiger charge is -2.11. The molecule has 0 aliphatic heterocycles. The summed E-state index contributed by atoms with van der Waals surface area (Å²) in [6.07, 6.45) is 2.64. The average molecular weight is 413 g/mol. The molecule has 0 saturated heterocycles. The third-order valence-corrected chi connectivity index (χ3v) is 3.96. The van der Waals surface area contributed by atoms with Crippen molar-refractivity contribution in [1.29, 1.82) is 0 Å². The van der Waals surface area contributed by atoms with Crippen molar-refractivity contribution in [3.05, 3.63) is 51.0 Å². The van der Waals surface area contributed by atoms with Crippen LogP contribution >= 0.6 is 31.9 Å². The van der Waals surface area contributed by atoms with E-state index >= 15 is 0 Å². The highest BCUT2D eigenvalue weighted by molar-refractivity contribution is 9.11. The minimum atomic E-state index is -0.194. The Morgan fingerprint density at radius 2 is 2.10 bits per heavy atom. The van der Waals surface area contributed by atoms with Crippen LogP contribution in [0.3, 0.4) is 0 Å². The predicted octanol–water partition coefficient (Wildman–Crippen LogP) is 4.68. The summed E-state index contributed by atoms with van der Waals surface area (Å²) in [4.78, 5) is 16.7. The maximum Gasteiger partial charge on any atom is 0.259 e. The number of nitrogens with zero attached hydrogens (tertiary/aromatic N) is 1. The van der Waals surface area contributed by atoms with Gasteiger partial charge in [0.25, 0.3) is 5.91 Å². The first kappa shape index (κ1) is 16.0. The molecule has 0 spiro atoms. The molecule has 0 bridgehead atoms. The van der Waals surface area contributed by atoms with Gasteiger partial charge in [-0.25, -0.2) is 4.98 Å². The zero-order valence-corrected chi connectivity index (χ0v) is 14.7. The van der Waals surface area contributed by atoms with E-state index in [0.717, 1.165) is 21.9 Å². The monoisotopic (exact) mass is 411 g/mol. The molecule has 2 rings (SSSR count). The molecule has 1 amide bonds. The van der Waals surface area contributed by atoms with E-state index < -0.39 is 0 Å². The topological polar surface area (TPSA) is 54.0 Å². The summed E-state index contributed by atoms with van der Waals surface area (Å²) in [5.41, 5.74) is 1.23. The van der Waals surface area contributed by atoms with Gasteiger partial charge in [0.15, 0.2) is 0 Å². The number of benzene rings is 1. The van der Waals surface area contributed by atoms with E-state index in [2.05, 4.69) is 54.4 Å². The molecule has 0 radical (unpaired) electrons. The van der Waals surface area contributed by atoms with Crippen molar-refractivity contribution in [1.82, 2.24) is 4.98 Å². The van der Waals surface area contributed by atoms with Crippen LogP contribution in [0.2, 0.25) is 0 Å². The molecule has 0 atom stereocenters. The Balaban J connectivity index is 2.22. The standard InChI is InChI=1S/C15H15Br2N3O/c1-2-7-18-14-11(4-3-8-19-14)15(21)20-13-9-10(16)5-6-12(13)17/h3-6,8-9H,2,7H2,1H3,(H,18,19)(H,20,21). The highest BCUT2D eigenvalue weighted by Gasteiger charge is 2.13. The highest BCUT2D eigenvalue weighted by Crippen LogP contribution is 2.27. The van der Waals surface area contributed by atoms with Crippen LogP contribution in [-0.4, -0.2) is 17.4 Å². The van der Waals surface area contributed by atoms with E-state index in [4.69, 9.17) is 0 Å². The molecular weight excluding hydrogens is 398 g/mol. The average Bonchev–Trinajstić information content (AvgIpc) is 2.49. The van der Waals surface area contributed by atoms with Gasteiger partial charge in [-0.2, -0.15) is 0 Å². The van der Waals surface area contributed by atoms with E-state index in [9.17, 15) is 4.79 Å². The first-order valence-electron chi connectivity index (χ1n) is 6.57. The van der Waals surface area contributed by atoms with Gasteiger partial charge in [-0.3, -0.25) is 4.79 Å². The Morgan fingerprint density at radius 1 is 1.29 bits per heavy atom. The van der Waals surface area contributed by atoms with Gasteiger partial charge in [0.05, 0.1) is 11.3 Å². The number of halogens is 2. The second-order valence-electron chi connectivity index (χ2n) is 4.40. The molecule has 6 heteroatoms. The smallest absolute Gasteiger partial charge is 0.259 e. The maximum absolute atomic E-state index is 12.4. The number of hydrogen-bond donors (Lipinski definition) is 2. The maximum atomic E-state index is 12.4. The van der Waals surface area contributed by atoms with Gasteiger partial charge < -0.3 is 10.6 Å². The third-order valence-electron chi connectivity index (χ3n) is 2.77. The number of carbonyl (C=O) groups excluding carboxylic acids is 1. The molecule has 21 heavy (non-hydrogen) atoms. The molecule has 2 aromatic rings. The lowest BCUT2D eigenvalue weighted by molar-refractivity contribution is 0.102. The Bertz CT molecular complexity index is 647. The fourth-order valence-electron chi connectivity index (χ4n) is 1.76. The van der Waals surface area contributed by atoms with Crippen LogP contribution in [0.25, 0.3) is 0 Å². The normalized spacial score (nSPS) is 10.2. The van der Waals surface area contributed by atoms with Crippen molar-refractivity contribution >= 4 is 49.3 Å². The lowest BCUT2D eigenvalue weighted by atomic mass is 10.2. The van der Waals surface area contributed by atoms with Crippen molar-refractivity contribution in [2.45, 2.75) is 13.3 Å². The molecule has 0 unspecified atom stereocenters. The summed E-state index contributed by atoms with van der Waals surface area (Å²) in [6, 6.07) is 9.13. The molecular formula is C15H15Br2N3O. The zero-order chi connectivity index (χ0) is 15.2. The van der Waals surface area contributed by atoms with E-state index in [1.165, 1.54) is 0 Å². The highest BCUT2D eigenvalue weighted by atomic mass is 79.9. The first-order chi connectivity index (χ1) is 10.1. The zero-order valence-electron chi connectivity index (χ0n) is 11.5. The Kier molecular flexibility index (Phi) is 5.76. The van der Waals surface area contributed by atoms with Crippen LogP contribution in [0, 0.1) is 0 Å². The second kappa shape index (κ2) is 7.56. The fourth-order valence-corrected chi connectivity index (χ4v) is 2.46. The van der Waals surface area contributed by atoms with Crippen LogP contribution in [0.15, 0.2) is 45.5 Å². The fraction of sp³-hybridized carbons (Fsp3) is 0.200. The number of carbonyl (C=O) groups is 1. The van der Waals surface area contributed by atoms with E-state index in [0.29, 0.717) is 17.1 Å². The van der Waals surface area contributed by atoms with Crippen molar-refractivity contribution in [2.75, 3.05) is 17.2 Å². The summed E-state index contributed by atoms with van der Waals surface area (Å²) in [6.45, 7) is 2.84. The van der Waals surface area contributed by atoms with Crippen molar-refractivity contribution in [3.63, 3.8) is 0 Å². The van der Waals surface area contributed by atoms with Crippen LogP contribution < -0.4 is 10.6 Å². The summed E-state index contributed by atoms with van der Waals surface area (Å²) in [5.74, 6) is 0.406. The van der Waals surface area contributed by atoms with Gasteiger partial charge in [0, 0.05) is 21.7 Å². The van der Waals surface area contributed by atoms with Gasteiger partial charge in [-0.15, -0.1) is 0 Å². The quantitative estimate of drug-likeness (QED) is 0.749. The number of rotatable bonds is 5. The number of hydrogen-bond acceptors (Lipinski definition) is 3. The van der Waals surface area contributed by atoms with Crippen molar-refractivity contribution < 1.29 is 4.79 Å². The van der Waals surface area contributed by atoms with Gasteiger partial charge >= 0.3 is 0 Å². The van der Waals surface area contributed by atoms with E-state index in [1.807, 2.05) is 18.2 Å². The number of amides is 1. The SMILES string of the molecule is CCCNc1ncccc1C(=O)Nc1cc(Br)ccc1Br. The molecule has 0 aliphatic rings. The molecule has 1 aromatic carbocycles. The van der Waals surface area contributed by atoms with Gasteiger partial charge in [0.1, 0.15) is 5.82 Å². The second-order valence-corrected chi connectivity index (χ2v) is 6.17. The molecule has 2 N–H and O–H groups in total. The Labute approximate surface area is 140 Å². The van der Waals surface area contributed by atoms with Crippen LogP contribution in [0.4, 0.5) is 11.5 Å². The Hall–Kier alpha value is -1.40. The summed E-state index contributed by atoms with van der Waals surface area (Å²) < 4.78 is 1.72. The van der Waals surface area contributed by atoms with E-state index in [-0.39, 0.29) is 5.91 Å². The number of nitrogens with one attached hydrogen (secondary N) is 2. The molecule has 4 nitrogen and oxygen atoms in total. The molecule has 0 aliphatic carbocycles. The minimum Gasteiger partial charge on any atom is -0.369 e. The lowest BCUT2D eigenvalue weighted by Crippen LogP contribution is -2.16. The number of pyridine rings is 1. The van der Waals surface area contributed by atoms with Crippen molar-refractivity contribution in [3.8, 4) is 0 Å². The minimum absolute atomic E-state index is 0.194.